The first-order chi connectivity index (χ1) is 7.19. The monoisotopic (exact) mass is 227 g/mol. The van der Waals surface area contributed by atoms with Crippen LogP contribution < -0.4 is 4.90 Å². The second-order valence-corrected chi connectivity index (χ2v) is 3.97. The number of aromatic nitrogens is 2. The summed E-state index contributed by atoms with van der Waals surface area (Å²) in [5.41, 5.74) is 1.92. The molecular weight excluding hydrogens is 210 g/mol. The normalized spacial score (nSPS) is 10.4. The molecule has 0 N–H and O–H groups in total. The molecule has 0 spiro atoms. The van der Waals surface area contributed by atoms with Gasteiger partial charge in [-0.15, -0.1) is 11.6 Å². The van der Waals surface area contributed by atoms with Gasteiger partial charge in [0.25, 0.3) is 0 Å². The molecule has 0 aromatic carbocycles. The minimum Gasteiger partial charge on any atom is -0.354 e. The third kappa shape index (κ3) is 3.34. The third-order valence-electron chi connectivity index (χ3n) is 2.20. The lowest BCUT2D eigenvalue weighted by Gasteiger charge is -2.23. The van der Waals surface area contributed by atoms with Gasteiger partial charge in [-0.2, -0.15) is 0 Å². The van der Waals surface area contributed by atoms with E-state index in [0.29, 0.717) is 5.88 Å². The summed E-state index contributed by atoms with van der Waals surface area (Å²) in [6.07, 6.45) is 2.88. The highest BCUT2D eigenvalue weighted by Gasteiger charge is 2.10. The Labute approximate surface area is 96.5 Å². The van der Waals surface area contributed by atoms with Crippen LogP contribution in [0.25, 0.3) is 0 Å². The molecule has 0 aliphatic heterocycles. The smallest absolute Gasteiger partial charge is 0.150 e. The van der Waals surface area contributed by atoms with E-state index in [0.717, 1.165) is 36.7 Å². The quantitative estimate of drug-likeness (QED) is 0.724. The van der Waals surface area contributed by atoms with Gasteiger partial charge in [-0.3, -0.25) is 4.98 Å². The number of hydrogen-bond acceptors (Lipinski definition) is 3. The summed E-state index contributed by atoms with van der Waals surface area (Å²) in [6.45, 7) is 7.90. The van der Waals surface area contributed by atoms with Crippen LogP contribution in [-0.2, 0) is 0 Å². The highest BCUT2D eigenvalue weighted by molar-refractivity contribution is 6.18. The second-order valence-electron chi connectivity index (χ2n) is 3.60. The highest BCUT2D eigenvalue weighted by atomic mass is 35.5. The predicted octanol–water partition coefficient (Wildman–Crippen LogP) is 2.55. The van der Waals surface area contributed by atoms with Gasteiger partial charge < -0.3 is 4.90 Å². The molecular formula is C11H18ClN3. The van der Waals surface area contributed by atoms with Crippen molar-refractivity contribution in [2.45, 2.75) is 27.2 Å². The number of nitrogens with zero attached hydrogens (tertiary/aromatic N) is 3. The van der Waals surface area contributed by atoms with Crippen molar-refractivity contribution in [2.24, 2.45) is 0 Å². The molecule has 0 aliphatic carbocycles. The van der Waals surface area contributed by atoms with E-state index in [1.807, 2.05) is 13.8 Å². The molecule has 0 fully saturated rings. The highest BCUT2D eigenvalue weighted by Crippen LogP contribution is 2.15. The fraction of sp³-hybridized carbons (Fsp3) is 0.636. The first-order valence-electron chi connectivity index (χ1n) is 5.30. The maximum Gasteiger partial charge on any atom is 0.150 e. The van der Waals surface area contributed by atoms with E-state index in [1.165, 1.54) is 0 Å². The van der Waals surface area contributed by atoms with Gasteiger partial charge in [-0.1, -0.05) is 6.92 Å². The predicted molar refractivity (Wildman–Crippen MR) is 64.7 cm³/mol. The van der Waals surface area contributed by atoms with Gasteiger partial charge in [0.05, 0.1) is 11.4 Å². The van der Waals surface area contributed by atoms with Crippen LogP contribution in [0.4, 0.5) is 5.82 Å². The van der Waals surface area contributed by atoms with Crippen molar-refractivity contribution in [2.75, 3.05) is 23.9 Å². The van der Waals surface area contributed by atoms with Crippen molar-refractivity contribution in [1.82, 2.24) is 9.97 Å². The Morgan fingerprint density at radius 2 is 2.07 bits per heavy atom. The summed E-state index contributed by atoms with van der Waals surface area (Å²) >= 11 is 5.78. The van der Waals surface area contributed by atoms with Gasteiger partial charge in [0.2, 0.25) is 0 Å². The lowest BCUT2D eigenvalue weighted by Crippen LogP contribution is -2.28. The Balaban J connectivity index is 2.93. The van der Waals surface area contributed by atoms with E-state index in [-0.39, 0.29) is 0 Å². The molecule has 3 nitrogen and oxygen atoms in total. The first kappa shape index (κ1) is 12.2. The van der Waals surface area contributed by atoms with E-state index in [4.69, 9.17) is 11.6 Å². The number of aryl methyl sites for hydroxylation is 2. The van der Waals surface area contributed by atoms with Crippen molar-refractivity contribution in [3.63, 3.8) is 0 Å². The molecule has 0 unspecified atom stereocenters. The molecule has 0 radical (unpaired) electrons. The Morgan fingerprint density at radius 3 is 2.67 bits per heavy atom. The first-order valence-corrected chi connectivity index (χ1v) is 5.83. The minimum absolute atomic E-state index is 0.620. The fourth-order valence-electron chi connectivity index (χ4n) is 1.52. The summed E-state index contributed by atoms with van der Waals surface area (Å²) in [5, 5.41) is 0. The number of hydrogen-bond donors (Lipinski definition) is 0. The van der Waals surface area contributed by atoms with E-state index in [9.17, 15) is 0 Å². The molecule has 0 atom stereocenters. The summed E-state index contributed by atoms with van der Waals surface area (Å²) in [4.78, 5) is 11.0. The van der Waals surface area contributed by atoms with E-state index in [1.54, 1.807) is 6.20 Å². The Kier molecular flexibility index (Phi) is 4.82. The van der Waals surface area contributed by atoms with Gasteiger partial charge in [0.1, 0.15) is 5.82 Å². The van der Waals surface area contributed by atoms with Crippen molar-refractivity contribution in [3.8, 4) is 0 Å². The molecule has 0 aliphatic rings. The molecule has 1 heterocycles. The average Bonchev–Trinajstić information content (AvgIpc) is 2.21. The van der Waals surface area contributed by atoms with E-state index >= 15 is 0 Å². The van der Waals surface area contributed by atoms with Crippen molar-refractivity contribution >= 4 is 17.4 Å². The molecule has 0 saturated heterocycles. The second kappa shape index (κ2) is 5.91. The molecule has 84 valence electrons. The van der Waals surface area contributed by atoms with E-state index < -0.39 is 0 Å². The SMILES string of the molecule is CCCN(CCCl)c1nc(C)cnc1C. The summed E-state index contributed by atoms with van der Waals surface area (Å²) in [6, 6.07) is 0. The molecule has 15 heavy (non-hydrogen) atoms. The van der Waals surface area contributed by atoms with Crippen LogP contribution in [0.15, 0.2) is 6.20 Å². The number of halogens is 1. The number of anilines is 1. The zero-order chi connectivity index (χ0) is 11.3. The largest absolute Gasteiger partial charge is 0.354 e. The van der Waals surface area contributed by atoms with Gasteiger partial charge in [-0.05, 0) is 20.3 Å². The lowest BCUT2D eigenvalue weighted by molar-refractivity contribution is 0.769. The molecule has 0 saturated carbocycles. The van der Waals surface area contributed by atoms with Crippen molar-refractivity contribution in [3.05, 3.63) is 17.6 Å². The van der Waals surface area contributed by atoms with Gasteiger partial charge in [0, 0.05) is 25.2 Å². The van der Waals surface area contributed by atoms with Gasteiger partial charge in [-0.25, -0.2) is 4.98 Å². The number of rotatable bonds is 5. The number of alkyl halides is 1. The van der Waals surface area contributed by atoms with Crippen molar-refractivity contribution < 1.29 is 0 Å². The maximum absolute atomic E-state index is 5.78. The third-order valence-corrected chi connectivity index (χ3v) is 2.37. The van der Waals surface area contributed by atoms with Crippen LogP contribution in [0, 0.1) is 13.8 Å². The Hall–Kier alpha value is -0.830. The van der Waals surface area contributed by atoms with Crippen LogP contribution in [0.2, 0.25) is 0 Å². The fourth-order valence-corrected chi connectivity index (χ4v) is 1.72. The lowest BCUT2D eigenvalue weighted by atomic mass is 10.3. The maximum atomic E-state index is 5.78. The summed E-state index contributed by atoms with van der Waals surface area (Å²) in [5.74, 6) is 1.59. The standard InChI is InChI=1S/C11H18ClN3/c1-4-6-15(7-5-12)11-10(3)13-8-9(2)14-11/h8H,4-7H2,1-3H3. The zero-order valence-corrected chi connectivity index (χ0v) is 10.4. The Morgan fingerprint density at radius 1 is 1.33 bits per heavy atom. The van der Waals surface area contributed by atoms with Gasteiger partial charge in [0.15, 0.2) is 0 Å². The zero-order valence-electron chi connectivity index (χ0n) is 9.63. The Bertz CT molecular complexity index is 309. The average molecular weight is 228 g/mol. The van der Waals surface area contributed by atoms with Crippen LogP contribution in [0.1, 0.15) is 24.7 Å². The topological polar surface area (TPSA) is 29.0 Å². The van der Waals surface area contributed by atoms with Crippen molar-refractivity contribution in [1.29, 1.82) is 0 Å². The van der Waals surface area contributed by atoms with E-state index in [2.05, 4.69) is 21.8 Å². The summed E-state index contributed by atoms with van der Waals surface area (Å²) in [7, 11) is 0. The molecule has 0 bridgehead atoms. The molecule has 1 aromatic heterocycles. The van der Waals surface area contributed by atoms with Crippen LogP contribution in [-0.4, -0.2) is 28.9 Å². The minimum atomic E-state index is 0.620. The summed E-state index contributed by atoms with van der Waals surface area (Å²) < 4.78 is 0. The van der Waals surface area contributed by atoms with Crippen LogP contribution in [0.3, 0.4) is 0 Å². The van der Waals surface area contributed by atoms with Gasteiger partial charge >= 0.3 is 0 Å². The van der Waals surface area contributed by atoms with Crippen LogP contribution >= 0.6 is 11.6 Å². The molecule has 4 heteroatoms. The molecule has 0 amide bonds. The molecule has 1 aromatic rings. The molecule has 1 rings (SSSR count). The van der Waals surface area contributed by atoms with Crippen LogP contribution in [0.5, 0.6) is 0 Å².